The van der Waals surface area contributed by atoms with Crippen molar-refractivity contribution in [3.05, 3.63) is 47.3 Å². The highest BCUT2D eigenvalue weighted by atomic mass is 35.5. The molecule has 1 saturated heterocycles. The van der Waals surface area contributed by atoms with Crippen LogP contribution in [0.5, 0.6) is 0 Å². The van der Waals surface area contributed by atoms with E-state index in [1.54, 1.807) is 12.4 Å². The van der Waals surface area contributed by atoms with Gasteiger partial charge in [-0.05, 0) is 44.1 Å². The topological polar surface area (TPSA) is 29.9 Å². The van der Waals surface area contributed by atoms with E-state index in [-0.39, 0.29) is 5.82 Å². The summed E-state index contributed by atoms with van der Waals surface area (Å²) in [7, 11) is 0. The summed E-state index contributed by atoms with van der Waals surface area (Å²) in [6.07, 6.45) is 5.81. The second-order valence-corrected chi connectivity index (χ2v) is 5.22. The van der Waals surface area contributed by atoms with Crippen LogP contribution in [-0.2, 0) is 0 Å². The third-order valence-corrected chi connectivity index (χ3v) is 3.90. The van der Waals surface area contributed by atoms with Gasteiger partial charge in [0.15, 0.2) is 0 Å². The smallest absolute Gasteiger partial charge is 0.124 e. The molecule has 5 heteroatoms. The molecule has 1 N–H and O–H groups in total. The van der Waals surface area contributed by atoms with Crippen LogP contribution in [0.2, 0.25) is 5.02 Å². The maximum Gasteiger partial charge on any atom is 0.124 e. The number of piperidine rings is 1. The maximum absolute atomic E-state index is 13.1. The van der Waals surface area contributed by atoms with Crippen molar-refractivity contribution in [3.63, 3.8) is 0 Å². The molecule has 0 radical (unpaired) electrons. The van der Waals surface area contributed by atoms with Crippen LogP contribution in [0.1, 0.15) is 24.5 Å². The Morgan fingerprint density at radius 1 is 1.32 bits per heavy atom. The number of imidazole rings is 1. The fraction of sp³-hybridized carbons (Fsp3) is 0.357. The first-order valence-electron chi connectivity index (χ1n) is 6.44. The first kappa shape index (κ1) is 12.6. The Balaban J connectivity index is 1.99. The molecule has 2 aromatic rings. The van der Waals surface area contributed by atoms with Crippen LogP contribution in [0.15, 0.2) is 30.7 Å². The van der Waals surface area contributed by atoms with Crippen LogP contribution < -0.4 is 5.32 Å². The molecule has 3 rings (SSSR count). The molecule has 19 heavy (non-hydrogen) atoms. The third kappa shape index (κ3) is 2.51. The molecule has 0 aliphatic carbocycles. The first-order chi connectivity index (χ1) is 9.25. The summed E-state index contributed by atoms with van der Waals surface area (Å²) in [5.41, 5.74) is 1.93. The quantitative estimate of drug-likeness (QED) is 0.915. The van der Waals surface area contributed by atoms with E-state index < -0.39 is 0 Å². The number of hydrogen-bond acceptors (Lipinski definition) is 2. The summed E-state index contributed by atoms with van der Waals surface area (Å²) in [4.78, 5) is 4.23. The van der Waals surface area contributed by atoms with Crippen molar-refractivity contribution in [3.8, 4) is 5.69 Å². The fourth-order valence-corrected chi connectivity index (χ4v) is 2.86. The number of rotatable bonds is 2. The fourth-order valence-electron chi connectivity index (χ4n) is 2.60. The standard InChI is InChI=1S/C14H15ClFN3/c15-12-7-11(16)1-2-13(12)19-9-18-8-14(19)10-3-5-17-6-4-10/h1-2,7-10,17H,3-6H2. The van der Waals surface area contributed by atoms with Crippen LogP contribution in [0.25, 0.3) is 5.69 Å². The van der Waals surface area contributed by atoms with Crippen LogP contribution in [0.4, 0.5) is 4.39 Å². The van der Waals surface area contributed by atoms with E-state index in [1.165, 1.54) is 12.1 Å². The Morgan fingerprint density at radius 2 is 2.11 bits per heavy atom. The van der Waals surface area contributed by atoms with E-state index in [4.69, 9.17) is 11.6 Å². The van der Waals surface area contributed by atoms with Gasteiger partial charge in [-0.2, -0.15) is 0 Å². The van der Waals surface area contributed by atoms with Crippen molar-refractivity contribution >= 4 is 11.6 Å². The number of nitrogens with one attached hydrogen (secondary N) is 1. The molecule has 1 aromatic heterocycles. The van der Waals surface area contributed by atoms with E-state index in [1.807, 2.05) is 10.8 Å². The van der Waals surface area contributed by atoms with Crippen molar-refractivity contribution in [1.29, 1.82) is 0 Å². The van der Waals surface area contributed by atoms with Gasteiger partial charge in [0.2, 0.25) is 0 Å². The SMILES string of the molecule is Fc1ccc(-n2cncc2C2CCNCC2)c(Cl)c1. The average Bonchev–Trinajstić information content (AvgIpc) is 2.89. The number of nitrogens with zero attached hydrogens (tertiary/aromatic N) is 2. The minimum atomic E-state index is -0.322. The lowest BCUT2D eigenvalue weighted by molar-refractivity contribution is 0.449. The van der Waals surface area contributed by atoms with Gasteiger partial charge in [-0.25, -0.2) is 9.37 Å². The molecule has 1 fully saturated rings. The zero-order valence-electron chi connectivity index (χ0n) is 10.4. The molecule has 0 saturated carbocycles. The van der Waals surface area contributed by atoms with Crippen LogP contribution in [0.3, 0.4) is 0 Å². The Bertz CT molecular complexity index is 576. The molecular weight excluding hydrogens is 265 g/mol. The average molecular weight is 280 g/mol. The summed E-state index contributed by atoms with van der Waals surface area (Å²) < 4.78 is 15.1. The Labute approximate surface area is 116 Å². The van der Waals surface area contributed by atoms with E-state index in [2.05, 4.69) is 10.3 Å². The predicted molar refractivity (Wildman–Crippen MR) is 73.4 cm³/mol. The number of aromatic nitrogens is 2. The largest absolute Gasteiger partial charge is 0.317 e. The lowest BCUT2D eigenvalue weighted by atomic mass is 9.95. The molecule has 0 unspecified atom stereocenters. The van der Waals surface area contributed by atoms with Gasteiger partial charge in [0.25, 0.3) is 0 Å². The molecule has 1 aliphatic rings. The second kappa shape index (κ2) is 5.31. The monoisotopic (exact) mass is 279 g/mol. The van der Waals surface area contributed by atoms with Crippen molar-refractivity contribution in [2.45, 2.75) is 18.8 Å². The molecular formula is C14H15ClFN3. The van der Waals surface area contributed by atoms with Gasteiger partial charge < -0.3 is 9.88 Å². The lowest BCUT2D eigenvalue weighted by Crippen LogP contribution is -2.27. The molecule has 100 valence electrons. The summed E-state index contributed by atoms with van der Waals surface area (Å²) in [6.45, 7) is 2.04. The number of hydrogen-bond donors (Lipinski definition) is 1. The third-order valence-electron chi connectivity index (χ3n) is 3.59. The van der Waals surface area contributed by atoms with E-state index in [0.717, 1.165) is 37.3 Å². The highest BCUT2D eigenvalue weighted by molar-refractivity contribution is 6.32. The lowest BCUT2D eigenvalue weighted by Gasteiger charge is -2.24. The zero-order valence-corrected chi connectivity index (χ0v) is 11.2. The van der Waals surface area contributed by atoms with Gasteiger partial charge in [0.1, 0.15) is 5.82 Å². The minimum absolute atomic E-state index is 0.322. The molecule has 0 amide bonds. The van der Waals surface area contributed by atoms with Gasteiger partial charge in [0.05, 0.1) is 17.0 Å². The molecule has 1 aromatic carbocycles. The van der Waals surface area contributed by atoms with Gasteiger partial charge in [0, 0.05) is 17.8 Å². The van der Waals surface area contributed by atoms with E-state index in [9.17, 15) is 4.39 Å². The second-order valence-electron chi connectivity index (χ2n) is 4.81. The van der Waals surface area contributed by atoms with Crippen LogP contribution >= 0.6 is 11.6 Å². The van der Waals surface area contributed by atoms with Crippen molar-refractivity contribution in [2.75, 3.05) is 13.1 Å². The molecule has 2 heterocycles. The van der Waals surface area contributed by atoms with E-state index >= 15 is 0 Å². The van der Waals surface area contributed by atoms with Crippen molar-refractivity contribution in [2.24, 2.45) is 0 Å². The van der Waals surface area contributed by atoms with Gasteiger partial charge >= 0.3 is 0 Å². The van der Waals surface area contributed by atoms with Gasteiger partial charge in [-0.3, -0.25) is 0 Å². The Morgan fingerprint density at radius 3 is 2.84 bits per heavy atom. The summed E-state index contributed by atoms with van der Waals surface area (Å²) in [5, 5.41) is 3.76. The summed E-state index contributed by atoms with van der Waals surface area (Å²) in [6, 6.07) is 4.46. The summed E-state index contributed by atoms with van der Waals surface area (Å²) in [5.74, 6) is 0.155. The zero-order chi connectivity index (χ0) is 13.2. The normalized spacial score (nSPS) is 16.7. The van der Waals surface area contributed by atoms with Crippen LogP contribution in [0, 0.1) is 5.82 Å². The number of halogens is 2. The molecule has 3 nitrogen and oxygen atoms in total. The number of benzene rings is 1. The highest BCUT2D eigenvalue weighted by Crippen LogP contribution is 2.29. The Kier molecular flexibility index (Phi) is 3.53. The Hall–Kier alpha value is -1.39. The maximum atomic E-state index is 13.1. The minimum Gasteiger partial charge on any atom is -0.317 e. The van der Waals surface area contributed by atoms with E-state index in [0.29, 0.717) is 10.9 Å². The highest BCUT2D eigenvalue weighted by Gasteiger charge is 2.20. The molecule has 0 bridgehead atoms. The first-order valence-corrected chi connectivity index (χ1v) is 6.82. The molecule has 1 aliphatic heterocycles. The van der Waals surface area contributed by atoms with Crippen LogP contribution in [-0.4, -0.2) is 22.6 Å². The predicted octanol–water partition coefficient (Wildman–Crippen LogP) is 3.13. The molecule has 0 atom stereocenters. The van der Waals surface area contributed by atoms with Gasteiger partial charge in [-0.15, -0.1) is 0 Å². The van der Waals surface area contributed by atoms with Crippen molar-refractivity contribution in [1.82, 2.24) is 14.9 Å². The van der Waals surface area contributed by atoms with Crippen molar-refractivity contribution < 1.29 is 4.39 Å². The summed E-state index contributed by atoms with van der Waals surface area (Å²) >= 11 is 6.13. The van der Waals surface area contributed by atoms with Gasteiger partial charge in [-0.1, -0.05) is 11.6 Å². The molecule has 0 spiro atoms.